The van der Waals surface area contributed by atoms with E-state index in [4.69, 9.17) is 4.74 Å². The van der Waals surface area contributed by atoms with E-state index in [0.717, 1.165) is 11.1 Å². The van der Waals surface area contributed by atoms with Crippen LogP contribution in [0.4, 0.5) is 0 Å². The average Bonchev–Trinajstić information content (AvgIpc) is 3.11. The van der Waals surface area contributed by atoms with Crippen LogP contribution in [0.1, 0.15) is 11.5 Å². The first-order valence-corrected chi connectivity index (χ1v) is 6.48. The van der Waals surface area contributed by atoms with E-state index in [2.05, 4.69) is 20.3 Å². The van der Waals surface area contributed by atoms with Gasteiger partial charge in [0.2, 0.25) is 5.88 Å². The fraction of sp³-hybridized carbons (Fsp3) is 0.214. The van der Waals surface area contributed by atoms with Crippen LogP contribution in [0.2, 0.25) is 0 Å². The Morgan fingerprint density at radius 3 is 2.76 bits per heavy atom. The number of aromatic amines is 1. The molecule has 2 aromatic heterocycles. The number of aliphatic hydroxyl groups is 1. The minimum atomic E-state index is -0.136. The minimum Gasteiger partial charge on any atom is -0.468 e. The van der Waals surface area contributed by atoms with Gasteiger partial charge >= 0.3 is 0 Å². The van der Waals surface area contributed by atoms with Gasteiger partial charge in [0, 0.05) is 7.05 Å². The van der Waals surface area contributed by atoms with Crippen molar-refractivity contribution in [1.82, 2.24) is 25.0 Å². The summed E-state index contributed by atoms with van der Waals surface area (Å²) in [5.74, 6) is 1.00. The second-order valence-corrected chi connectivity index (χ2v) is 4.53. The zero-order valence-corrected chi connectivity index (χ0v) is 11.5. The van der Waals surface area contributed by atoms with Crippen LogP contribution < -0.4 is 4.74 Å². The van der Waals surface area contributed by atoms with Gasteiger partial charge in [-0.15, -0.1) is 5.10 Å². The van der Waals surface area contributed by atoms with E-state index in [0.29, 0.717) is 17.4 Å². The summed E-state index contributed by atoms with van der Waals surface area (Å²) >= 11 is 0. The van der Waals surface area contributed by atoms with Crippen molar-refractivity contribution in [2.24, 2.45) is 7.05 Å². The standard InChI is InChI=1S/C14H15N5O2/c1-19-9-15-12(18-19)8-21-14-13(11(7-20)16-17-14)10-5-3-2-4-6-10/h2-6,9,20H,7-8H2,1H3,(H,16,17). The molecule has 0 unspecified atom stereocenters. The molecule has 0 atom stereocenters. The topological polar surface area (TPSA) is 88.8 Å². The van der Waals surface area contributed by atoms with Gasteiger partial charge < -0.3 is 9.84 Å². The van der Waals surface area contributed by atoms with Gasteiger partial charge in [-0.3, -0.25) is 9.78 Å². The first kappa shape index (κ1) is 13.3. The van der Waals surface area contributed by atoms with Crippen molar-refractivity contribution in [2.75, 3.05) is 0 Å². The van der Waals surface area contributed by atoms with Crippen molar-refractivity contribution >= 4 is 0 Å². The predicted molar refractivity (Wildman–Crippen MR) is 75.3 cm³/mol. The Labute approximate surface area is 121 Å². The second kappa shape index (κ2) is 5.76. The molecule has 0 bridgehead atoms. The van der Waals surface area contributed by atoms with Crippen LogP contribution in [0, 0.1) is 0 Å². The molecule has 0 radical (unpaired) electrons. The lowest BCUT2D eigenvalue weighted by atomic mass is 10.1. The minimum absolute atomic E-state index is 0.136. The highest BCUT2D eigenvalue weighted by Gasteiger charge is 2.16. The summed E-state index contributed by atoms with van der Waals surface area (Å²) in [6.07, 6.45) is 1.61. The van der Waals surface area contributed by atoms with Crippen LogP contribution in [-0.4, -0.2) is 30.1 Å². The van der Waals surface area contributed by atoms with Crippen LogP contribution in [0.25, 0.3) is 11.1 Å². The van der Waals surface area contributed by atoms with E-state index in [9.17, 15) is 5.11 Å². The highest BCUT2D eigenvalue weighted by Crippen LogP contribution is 2.31. The summed E-state index contributed by atoms with van der Waals surface area (Å²) in [5, 5.41) is 20.5. The largest absolute Gasteiger partial charge is 0.468 e. The highest BCUT2D eigenvalue weighted by atomic mass is 16.5. The monoisotopic (exact) mass is 285 g/mol. The smallest absolute Gasteiger partial charge is 0.241 e. The van der Waals surface area contributed by atoms with Gasteiger partial charge in [0.15, 0.2) is 12.4 Å². The number of hydrogen-bond donors (Lipinski definition) is 2. The second-order valence-electron chi connectivity index (χ2n) is 4.53. The van der Waals surface area contributed by atoms with Crippen molar-refractivity contribution in [3.8, 4) is 17.0 Å². The van der Waals surface area contributed by atoms with E-state index in [-0.39, 0.29) is 13.2 Å². The maximum Gasteiger partial charge on any atom is 0.241 e. The summed E-state index contributed by atoms with van der Waals surface area (Å²) in [6.45, 7) is 0.0822. The van der Waals surface area contributed by atoms with Crippen molar-refractivity contribution in [2.45, 2.75) is 13.2 Å². The summed E-state index contributed by atoms with van der Waals surface area (Å²) in [6, 6.07) is 9.66. The number of aryl methyl sites for hydroxylation is 1. The molecular formula is C14H15N5O2. The zero-order valence-electron chi connectivity index (χ0n) is 11.5. The van der Waals surface area contributed by atoms with Crippen molar-refractivity contribution in [3.05, 3.63) is 48.2 Å². The molecule has 3 rings (SSSR count). The van der Waals surface area contributed by atoms with Gasteiger partial charge in [-0.2, -0.15) is 5.10 Å². The van der Waals surface area contributed by atoms with E-state index < -0.39 is 0 Å². The SMILES string of the molecule is Cn1cnc(COc2n[nH]c(CO)c2-c2ccccc2)n1. The van der Waals surface area contributed by atoms with Crippen LogP contribution in [-0.2, 0) is 20.3 Å². The molecule has 2 heterocycles. The molecular weight excluding hydrogens is 270 g/mol. The number of ether oxygens (including phenoxy) is 1. The maximum absolute atomic E-state index is 9.43. The first-order chi connectivity index (χ1) is 10.3. The third kappa shape index (κ3) is 2.77. The molecule has 3 aromatic rings. The molecule has 21 heavy (non-hydrogen) atoms. The number of aromatic nitrogens is 5. The van der Waals surface area contributed by atoms with E-state index in [1.54, 1.807) is 18.1 Å². The Kier molecular flexibility index (Phi) is 3.65. The van der Waals surface area contributed by atoms with Crippen LogP contribution in [0.15, 0.2) is 36.7 Å². The summed E-state index contributed by atoms with van der Waals surface area (Å²) in [5.41, 5.74) is 2.30. The molecule has 7 heteroatoms. The third-order valence-corrected chi connectivity index (χ3v) is 3.01. The van der Waals surface area contributed by atoms with Gasteiger partial charge in [0.05, 0.1) is 17.9 Å². The molecule has 0 aliphatic rings. The lowest BCUT2D eigenvalue weighted by Crippen LogP contribution is -2.00. The molecule has 108 valence electrons. The summed E-state index contributed by atoms with van der Waals surface area (Å²) < 4.78 is 7.29. The Morgan fingerprint density at radius 2 is 2.10 bits per heavy atom. The van der Waals surface area contributed by atoms with Crippen LogP contribution in [0.5, 0.6) is 5.88 Å². The van der Waals surface area contributed by atoms with Gasteiger partial charge in [-0.1, -0.05) is 30.3 Å². The zero-order chi connectivity index (χ0) is 14.7. The Bertz CT molecular complexity index is 720. The average molecular weight is 285 g/mol. The normalized spacial score (nSPS) is 10.8. The Hall–Kier alpha value is -2.67. The number of rotatable bonds is 5. The lowest BCUT2D eigenvalue weighted by molar-refractivity contribution is 0.277. The summed E-state index contributed by atoms with van der Waals surface area (Å²) in [4.78, 5) is 4.10. The number of H-pyrrole nitrogens is 1. The molecule has 0 saturated carbocycles. The molecule has 0 spiro atoms. The molecule has 2 N–H and O–H groups in total. The van der Waals surface area contributed by atoms with Crippen LogP contribution in [0.3, 0.4) is 0 Å². The van der Waals surface area contributed by atoms with Gasteiger partial charge in [0.25, 0.3) is 0 Å². The number of hydrogen-bond acceptors (Lipinski definition) is 5. The molecule has 1 aromatic carbocycles. The quantitative estimate of drug-likeness (QED) is 0.737. The fourth-order valence-corrected chi connectivity index (χ4v) is 2.06. The fourth-order valence-electron chi connectivity index (χ4n) is 2.06. The van der Waals surface area contributed by atoms with E-state index >= 15 is 0 Å². The molecule has 0 aliphatic carbocycles. The number of aliphatic hydroxyl groups excluding tert-OH is 1. The van der Waals surface area contributed by atoms with E-state index in [1.807, 2.05) is 30.3 Å². The number of nitrogens with zero attached hydrogens (tertiary/aromatic N) is 4. The molecule has 0 amide bonds. The Morgan fingerprint density at radius 1 is 1.29 bits per heavy atom. The first-order valence-electron chi connectivity index (χ1n) is 6.48. The van der Waals surface area contributed by atoms with Crippen molar-refractivity contribution in [3.63, 3.8) is 0 Å². The van der Waals surface area contributed by atoms with Gasteiger partial charge in [0.1, 0.15) is 6.33 Å². The van der Waals surface area contributed by atoms with Crippen molar-refractivity contribution < 1.29 is 9.84 Å². The lowest BCUT2D eigenvalue weighted by Gasteiger charge is -2.05. The van der Waals surface area contributed by atoms with Gasteiger partial charge in [-0.05, 0) is 5.56 Å². The maximum atomic E-state index is 9.43. The van der Waals surface area contributed by atoms with E-state index in [1.165, 1.54) is 0 Å². The molecule has 0 aliphatic heterocycles. The summed E-state index contributed by atoms with van der Waals surface area (Å²) in [7, 11) is 1.80. The molecule has 0 fully saturated rings. The Balaban J connectivity index is 1.87. The molecule has 0 saturated heterocycles. The predicted octanol–water partition coefficient (Wildman–Crippen LogP) is 1.28. The third-order valence-electron chi connectivity index (χ3n) is 3.01. The molecule has 7 nitrogen and oxygen atoms in total. The van der Waals surface area contributed by atoms with Crippen LogP contribution >= 0.6 is 0 Å². The van der Waals surface area contributed by atoms with Gasteiger partial charge in [-0.25, -0.2) is 4.98 Å². The van der Waals surface area contributed by atoms with Crippen molar-refractivity contribution in [1.29, 1.82) is 0 Å². The highest BCUT2D eigenvalue weighted by molar-refractivity contribution is 5.71. The number of benzene rings is 1. The number of nitrogens with one attached hydrogen (secondary N) is 1.